The fraction of sp³-hybridized carbons (Fsp3) is 0.273. The second kappa shape index (κ2) is 7.78. The molecule has 0 aliphatic heterocycles. The predicted octanol–water partition coefficient (Wildman–Crippen LogP) is 5.64. The molecule has 156 valence electrons. The number of urea groups is 1. The number of halogens is 2. The molecule has 0 spiro atoms. The molecule has 4 rings (SSSR count). The van der Waals surface area contributed by atoms with Crippen molar-refractivity contribution in [3.05, 3.63) is 66.2 Å². The minimum absolute atomic E-state index is 0.101. The third-order valence-electron chi connectivity index (χ3n) is 5.30. The molecular weight excluding hydrogens is 390 g/mol. The number of furan rings is 1. The molecule has 2 atom stereocenters. The zero-order valence-electron chi connectivity index (χ0n) is 16.8. The van der Waals surface area contributed by atoms with E-state index in [0.29, 0.717) is 16.8 Å². The van der Waals surface area contributed by atoms with Crippen molar-refractivity contribution in [2.24, 2.45) is 0 Å². The van der Waals surface area contributed by atoms with Gasteiger partial charge in [0, 0.05) is 12.4 Å². The van der Waals surface area contributed by atoms with Crippen molar-refractivity contribution in [1.29, 1.82) is 0 Å². The van der Waals surface area contributed by atoms with Crippen LogP contribution in [0.15, 0.2) is 59.0 Å². The van der Waals surface area contributed by atoms with Crippen LogP contribution in [-0.2, 0) is 0 Å². The molecule has 2 amide bonds. The summed E-state index contributed by atoms with van der Waals surface area (Å²) in [5, 5.41) is 3.72. The van der Waals surface area contributed by atoms with Crippen molar-refractivity contribution in [2.75, 3.05) is 7.05 Å². The van der Waals surface area contributed by atoms with Crippen LogP contribution in [0, 0.1) is 0 Å². The number of nitrogens with zero attached hydrogens (tertiary/aromatic N) is 3. The number of hydrogen-bond donors (Lipinski definition) is 1. The van der Waals surface area contributed by atoms with Gasteiger partial charge in [-0.1, -0.05) is 30.3 Å². The Balaban J connectivity index is 1.54. The Morgan fingerprint density at radius 1 is 1.13 bits per heavy atom. The number of carbonyl (C=O) groups excluding carboxylic acids is 1. The lowest BCUT2D eigenvalue weighted by molar-refractivity contribution is 0.0697. The third kappa shape index (κ3) is 3.49. The monoisotopic (exact) mass is 412 g/mol. The summed E-state index contributed by atoms with van der Waals surface area (Å²) in [6, 6.07) is 14.7. The Morgan fingerprint density at radius 3 is 2.57 bits per heavy atom. The van der Waals surface area contributed by atoms with E-state index in [0.717, 1.165) is 15.5 Å². The first kappa shape index (κ1) is 19.9. The SMILES string of the molecule is CC(NC(=O)N(C)C(C)c1cc2ccccc2o1)c1nc2ccccc2n1C(F)F. The van der Waals surface area contributed by atoms with E-state index in [1.165, 1.54) is 4.90 Å². The number of alkyl halides is 2. The van der Waals surface area contributed by atoms with E-state index in [9.17, 15) is 13.6 Å². The van der Waals surface area contributed by atoms with Gasteiger partial charge in [-0.25, -0.2) is 9.78 Å². The Hall–Kier alpha value is -3.42. The van der Waals surface area contributed by atoms with Gasteiger partial charge in [0.05, 0.1) is 23.1 Å². The summed E-state index contributed by atoms with van der Waals surface area (Å²) >= 11 is 0. The van der Waals surface area contributed by atoms with E-state index >= 15 is 0 Å². The van der Waals surface area contributed by atoms with Crippen LogP contribution in [-0.4, -0.2) is 27.5 Å². The van der Waals surface area contributed by atoms with Gasteiger partial charge < -0.3 is 14.6 Å². The second-order valence-electron chi connectivity index (χ2n) is 7.25. The lowest BCUT2D eigenvalue weighted by atomic mass is 10.2. The van der Waals surface area contributed by atoms with Crippen molar-refractivity contribution in [3.8, 4) is 0 Å². The minimum Gasteiger partial charge on any atom is -0.459 e. The molecule has 1 N–H and O–H groups in total. The molecule has 0 aliphatic carbocycles. The molecule has 2 aromatic carbocycles. The number of aromatic nitrogens is 2. The lowest BCUT2D eigenvalue weighted by Gasteiger charge is -2.25. The normalized spacial score (nSPS) is 13.7. The molecule has 0 aliphatic rings. The fourth-order valence-electron chi connectivity index (χ4n) is 3.50. The van der Waals surface area contributed by atoms with Crippen LogP contribution in [0.1, 0.15) is 44.1 Å². The van der Waals surface area contributed by atoms with Crippen LogP contribution in [0.25, 0.3) is 22.0 Å². The Bertz CT molecular complexity index is 1170. The molecule has 2 unspecified atom stereocenters. The van der Waals surface area contributed by atoms with Gasteiger partial charge in [-0.05, 0) is 38.1 Å². The third-order valence-corrected chi connectivity index (χ3v) is 5.30. The maximum atomic E-state index is 13.7. The zero-order chi connectivity index (χ0) is 21.4. The van der Waals surface area contributed by atoms with E-state index in [4.69, 9.17) is 4.42 Å². The standard InChI is InChI=1S/C22H22F2N4O2/c1-13(20-26-16-9-5-6-10-17(16)28(20)21(23)24)25-22(29)27(3)14(2)19-12-15-8-4-7-11-18(15)30-19/h4-14,21H,1-3H3,(H,25,29). The summed E-state index contributed by atoms with van der Waals surface area (Å²) < 4.78 is 34.1. The highest BCUT2D eigenvalue weighted by Gasteiger charge is 2.26. The van der Waals surface area contributed by atoms with Crippen LogP contribution in [0.3, 0.4) is 0 Å². The van der Waals surface area contributed by atoms with Crippen LogP contribution in [0.2, 0.25) is 0 Å². The molecule has 8 heteroatoms. The largest absolute Gasteiger partial charge is 0.459 e. The Morgan fingerprint density at radius 2 is 1.83 bits per heavy atom. The van der Waals surface area contributed by atoms with Crippen LogP contribution >= 0.6 is 0 Å². The van der Waals surface area contributed by atoms with Gasteiger partial charge >= 0.3 is 12.6 Å². The van der Waals surface area contributed by atoms with E-state index in [2.05, 4.69) is 10.3 Å². The first-order valence-corrected chi connectivity index (χ1v) is 9.63. The highest BCUT2D eigenvalue weighted by molar-refractivity contribution is 5.79. The van der Waals surface area contributed by atoms with Crippen molar-refractivity contribution in [2.45, 2.75) is 32.5 Å². The Labute approximate surface area is 172 Å². The molecule has 0 bridgehead atoms. The second-order valence-corrected chi connectivity index (χ2v) is 7.25. The fourth-order valence-corrected chi connectivity index (χ4v) is 3.50. The van der Waals surface area contributed by atoms with Crippen LogP contribution in [0.5, 0.6) is 0 Å². The predicted molar refractivity (Wildman–Crippen MR) is 110 cm³/mol. The van der Waals surface area contributed by atoms with Gasteiger partial charge in [0.2, 0.25) is 0 Å². The summed E-state index contributed by atoms with van der Waals surface area (Å²) in [5.74, 6) is 0.741. The summed E-state index contributed by atoms with van der Waals surface area (Å²) in [6.07, 6.45) is 0. The molecular formula is C22H22F2N4O2. The average molecular weight is 412 g/mol. The molecule has 0 radical (unpaired) electrons. The van der Waals surface area contributed by atoms with E-state index in [-0.39, 0.29) is 11.9 Å². The molecule has 2 heterocycles. The lowest BCUT2D eigenvalue weighted by Crippen LogP contribution is -2.40. The average Bonchev–Trinajstić information content (AvgIpc) is 3.34. The van der Waals surface area contributed by atoms with Crippen molar-refractivity contribution in [3.63, 3.8) is 0 Å². The number of amides is 2. The number of para-hydroxylation sites is 3. The molecule has 6 nitrogen and oxygen atoms in total. The van der Waals surface area contributed by atoms with Gasteiger partial charge in [0.15, 0.2) is 0 Å². The molecule has 0 fully saturated rings. The summed E-state index contributed by atoms with van der Waals surface area (Å²) in [7, 11) is 1.63. The number of nitrogens with one attached hydrogen (secondary N) is 1. The topological polar surface area (TPSA) is 63.3 Å². The molecule has 2 aromatic heterocycles. The van der Waals surface area contributed by atoms with E-state index < -0.39 is 18.6 Å². The first-order chi connectivity index (χ1) is 14.4. The van der Waals surface area contributed by atoms with Gasteiger partial charge in [0.1, 0.15) is 17.2 Å². The molecule has 30 heavy (non-hydrogen) atoms. The number of hydrogen-bond acceptors (Lipinski definition) is 3. The molecule has 0 saturated heterocycles. The highest BCUT2D eigenvalue weighted by atomic mass is 19.3. The summed E-state index contributed by atoms with van der Waals surface area (Å²) in [6.45, 7) is 0.715. The van der Waals surface area contributed by atoms with Crippen molar-refractivity contribution < 1.29 is 18.0 Å². The number of imidazole rings is 1. The van der Waals surface area contributed by atoms with Gasteiger partial charge in [-0.15, -0.1) is 0 Å². The first-order valence-electron chi connectivity index (χ1n) is 9.63. The van der Waals surface area contributed by atoms with Crippen molar-refractivity contribution >= 4 is 28.0 Å². The maximum Gasteiger partial charge on any atom is 0.320 e. The van der Waals surface area contributed by atoms with Crippen LogP contribution < -0.4 is 5.32 Å². The maximum absolute atomic E-state index is 13.7. The van der Waals surface area contributed by atoms with E-state index in [1.54, 1.807) is 38.2 Å². The smallest absolute Gasteiger partial charge is 0.320 e. The quantitative estimate of drug-likeness (QED) is 0.461. The molecule has 0 saturated carbocycles. The zero-order valence-corrected chi connectivity index (χ0v) is 16.8. The Kier molecular flexibility index (Phi) is 5.15. The van der Waals surface area contributed by atoms with E-state index in [1.807, 2.05) is 37.3 Å². The summed E-state index contributed by atoms with van der Waals surface area (Å²) in [5.41, 5.74) is 1.53. The van der Waals surface area contributed by atoms with Gasteiger partial charge in [0.25, 0.3) is 0 Å². The van der Waals surface area contributed by atoms with Crippen molar-refractivity contribution in [1.82, 2.24) is 19.8 Å². The van der Waals surface area contributed by atoms with Gasteiger partial charge in [-0.2, -0.15) is 8.78 Å². The van der Waals surface area contributed by atoms with Crippen LogP contribution in [0.4, 0.5) is 13.6 Å². The van der Waals surface area contributed by atoms with Gasteiger partial charge in [-0.3, -0.25) is 4.57 Å². The number of fused-ring (bicyclic) bond motifs is 2. The summed E-state index contributed by atoms with van der Waals surface area (Å²) in [4.78, 5) is 18.6. The minimum atomic E-state index is -2.76. The number of rotatable bonds is 5. The number of benzene rings is 2. The number of carbonyl (C=O) groups is 1. The highest BCUT2D eigenvalue weighted by Crippen LogP contribution is 2.29. The molecule has 4 aromatic rings.